The number of hydrogen-bond acceptors (Lipinski definition) is 6. The molecule has 110 valence electrons. The highest BCUT2D eigenvalue weighted by atomic mass is 16.6. The SMILES string of the molecule is O=C(COC(=O)C1=COCCO1)NC(=O)c1ccccc1. The molecule has 1 aromatic carbocycles. The second kappa shape index (κ2) is 7.09. The number of nitrogens with one attached hydrogen (secondary N) is 1. The van der Waals surface area contributed by atoms with E-state index in [0.717, 1.165) is 6.26 Å². The van der Waals surface area contributed by atoms with Crippen molar-refractivity contribution in [2.75, 3.05) is 19.8 Å². The molecule has 0 fully saturated rings. The van der Waals surface area contributed by atoms with Crippen LogP contribution in [-0.4, -0.2) is 37.6 Å². The van der Waals surface area contributed by atoms with Gasteiger partial charge in [-0.05, 0) is 12.1 Å². The van der Waals surface area contributed by atoms with Gasteiger partial charge in [0.05, 0.1) is 0 Å². The minimum atomic E-state index is -0.822. The van der Waals surface area contributed by atoms with E-state index in [1.807, 2.05) is 0 Å². The molecule has 7 heteroatoms. The molecule has 2 amide bonds. The molecule has 0 radical (unpaired) electrons. The molecule has 7 nitrogen and oxygen atoms in total. The topological polar surface area (TPSA) is 90.9 Å². The van der Waals surface area contributed by atoms with Crippen molar-refractivity contribution < 1.29 is 28.6 Å². The highest BCUT2D eigenvalue weighted by molar-refractivity contribution is 6.05. The zero-order valence-corrected chi connectivity index (χ0v) is 11.0. The zero-order chi connectivity index (χ0) is 15.1. The number of rotatable bonds is 4. The van der Waals surface area contributed by atoms with Crippen molar-refractivity contribution in [1.29, 1.82) is 0 Å². The van der Waals surface area contributed by atoms with Crippen molar-refractivity contribution in [2.24, 2.45) is 0 Å². The van der Waals surface area contributed by atoms with Crippen molar-refractivity contribution in [1.82, 2.24) is 5.32 Å². The number of carbonyl (C=O) groups is 3. The van der Waals surface area contributed by atoms with Crippen LogP contribution in [0.1, 0.15) is 10.4 Å². The van der Waals surface area contributed by atoms with Gasteiger partial charge in [0.1, 0.15) is 19.5 Å². The second-order valence-corrected chi connectivity index (χ2v) is 4.02. The van der Waals surface area contributed by atoms with Crippen LogP contribution >= 0.6 is 0 Å². The van der Waals surface area contributed by atoms with Crippen molar-refractivity contribution in [2.45, 2.75) is 0 Å². The summed E-state index contributed by atoms with van der Waals surface area (Å²) < 4.78 is 14.6. The average molecular weight is 291 g/mol. The maximum Gasteiger partial charge on any atom is 0.377 e. The molecule has 1 aliphatic rings. The van der Waals surface area contributed by atoms with E-state index in [-0.39, 0.29) is 12.4 Å². The van der Waals surface area contributed by atoms with Crippen LogP contribution in [0, 0.1) is 0 Å². The van der Waals surface area contributed by atoms with Crippen molar-refractivity contribution in [3.05, 3.63) is 47.9 Å². The van der Waals surface area contributed by atoms with Gasteiger partial charge in [0.2, 0.25) is 5.76 Å². The highest BCUT2D eigenvalue weighted by Crippen LogP contribution is 2.06. The van der Waals surface area contributed by atoms with E-state index < -0.39 is 24.4 Å². The molecule has 1 heterocycles. The van der Waals surface area contributed by atoms with Crippen molar-refractivity contribution in [3.63, 3.8) is 0 Å². The lowest BCUT2D eigenvalue weighted by atomic mass is 10.2. The number of ether oxygens (including phenoxy) is 3. The molecule has 0 bridgehead atoms. The van der Waals surface area contributed by atoms with E-state index in [4.69, 9.17) is 14.2 Å². The molecule has 1 aliphatic heterocycles. The largest absolute Gasteiger partial charge is 0.493 e. The van der Waals surface area contributed by atoms with Gasteiger partial charge in [0, 0.05) is 5.56 Å². The number of hydrogen-bond donors (Lipinski definition) is 1. The van der Waals surface area contributed by atoms with Crippen LogP contribution in [0.4, 0.5) is 0 Å². The quantitative estimate of drug-likeness (QED) is 0.806. The van der Waals surface area contributed by atoms with Crippen LogP contribution in [0.2, 0.25) is 0 Å². The summed E-state index contributed by atoms with van der Waals surface area (Å²) in [7, 11) is 0. The Hall–Kier alpha value is -2.83. The van der Waals surface area contributed by atoms with E-state index >= 15 is 0 Å². The summed E-state index contributed by atoms with van der Waals surface area (Å²) in [6, 6.07) is 8.22. The molecule has 2 rings (SSSR count). The fourth-order valence-electron chi connectivity index (χ4n) is 1.50. The van der Waals surface area contributed by atoms with Crippen LogP contribution in [0.5, 0.6) is 0 Å². The molecule has 0 atom stereocenters. The highest BCUT2D eigenvalue weighted by Gasteiger charge is 2.18. The lowest BCUT2D eigenvalue weighted by Crippen LogP contribution is -2.34. The number of benzene rings is 1. The third-order valence-electron chi connectivity index (χ3n) is 2.47. The normalized spacial score (nSPS) is 13.2. The first-order valence-corrected chi connectivity index (χ1v) is 6.18. The van der Waals surface area contributed by atoms with Gasteiger partial charge in [-0.3, -0.25) is 14.9 Å². The Morgan fingerprint density at radius 3 is 2.57 bits per heavy atom. The standard InChI is InChI=1S/C14H13NO6/c16-12(15-13(17)10-4-2-1-3-5-10)9-21-14(18)11-8-19-6-7-20-11/h1-5,8H,6-7,9H2,(H,15,16,17). The Morgan fingerprint density at radius 2 is 1.90 bits per heavy atom. The Balaban J connectivity index is 1.78. The zero-order valence-electron chi connectivity index (χ0n) is 11.0. The molecule has 0 unspecified atom stereocenters. The minimum absolute atomic E-state index is 0.108. The van der Waals surface area contributed by atoms with Gasteiger partial charge >= 0.3 is 5.97 Å². The Bertz CT molecular complexity index is 566. The first-order chi connectivity index (χ1) is 10.2. The Kier molecular flexibility index (Phi) is 4.92. The predicted molar refractivity (Wildman–Crippen MR) is 69.9 cm³/mol. The summed E-state index contributed by atoms with van der Waals surface area (Å²) in [5.74, 6) is -2.22. The molecule has 21 heavy (non-hydrogen) atoms. The molecule has 0 aliphatic carbocycles. The lowest BCUT2D eigenvalue weighted by molar-refractivity contribution is -0.149. The Morgan fingerprint density at radius 1 is 1.14 bits per heavy atom. The molecule has 1 aromatic rings. The predicted octanol–water partition coefficient (Wildman–Crippen LogP) is 0.374. The second-order valence-electron chi connectivity index (χ2n) is 4.02. The summed E-state index contributed by atoms with van der Waals surface area (Å²) in [6.07, 6.45) is 1.12. The van der Waals surface area contributed by atoms with Crippen LogP contribution in [0.25, 0.3) is 0 Å². The Labute approximate surface area is 120 Å². The number of esters is 1. The summed E-state index contributed by atoms with van der Waals surface area (Å²) in [4.78, 5) is 34.7. The molecule has 1 N–H and O–H groups in total. The first kappa shape index (κ1) is 14.6. The summed E-state index contributed by atoms with van der Waals surface area (Å²) in [6.45, 7) is 0.000569. The van der Waals surface area contributed by atoms with Gasteiger partial charge in [-0.2, -0.15) is 0 Å². The summed E-state index contributed by atoms with van der Waals surface area (Å²) in [5.41, 5.74) is 0.337. The fourth-order valence-corrected chi connectivity index (χ4v) is 1.50. The van der Waals surface area contributed by atoms with Gasteiger partial charge in [-0.15, -0.1) is 0 Å². The molecular formula is C14H13NO6. The number of imide groups is 1. The van der Waals surface area contributed by atoms with Crippen LogP contribution in [0.15, 0.2) is 42.4 Å². The van der Waals surface area contributed by atoms with Crippen LogP contribution in [0.3, 0.4) is 0 Å². The molecular weight excluding hydrogens is 278 g/mol. The van der Waals surface area contributed by atoms with Gasteiger partial charge in [-0.25, -0.2) is 4.79 Å². The van der Waals surface area contributed by atoms with Gasteiger partial charge in [0.15, 0.2) is 6.61 Å². The third-order valence-corrected chi connectivity index (χ3v) is 2.47. The maximum absolute atomic E-state index is 11.7. The van der Waals surface area contributed by atoms with E-state index in [1.165, 1.54) is 0 Å². The monoisotopic (exact) mass is 291 g/mol. The average Bonchev–Trinajstić information content (AvgIpc) is 2.54. The molecule has 0 saturated heterocycles. The van der Waals surface area contributed by atoms with E-state index in [9.17, 15) is 14.4 Å². The van der Waals surface area contributed by atoms with Crippen molar-refractivity contribution >= 4 is 17.8 Å². The maximum atomic E-state index is 11.7. The minimum Gasteiger partial charge on any atom is -0.493 e. The summed E-state index contributed by atoms with van der Waals surface area (Å²) in [5, 5.41) is 2.11. The van der Waals surface area contributed by atoms with Gasteiger partial charge in [-0.1, -0.05) is 18.2 Å². The summed E-state index contributed by atoms with van der Waals surface area (Å²) >= 11 is 0. The van der Waals surface area contributed by atoms with Gasteiger partial charge in [0.25, 0.3) is 11.8 Å². The van der Waals surface area contributed by atoms with E-state index in [1.54, 1.807) is 30.3 Å². The van der Waals surface area contributed by atoms with Crippen LogP contribution < -0.4 is 5.32 Å². The molecule has 0 spiro atoms. The van der Waals surface area contributed by atoms with E-state index in [2.05, 4.69) is 5.32 Å². The lowest BCUT2D eigenvalue weighted by Gasteiger charge is -2.14. The van der Waals surface area contributed by atoms with E-state index in [0.29, 0.717) is 12.2 Å². The molecule has 0 aromatic heterocycles. The number of amides is 2. The van der Waals surface area contributed by atoms with Crippen molar-refractivity contribution in [3.8, 4) is 0 Å². The van der Waals surface area contributed by atoms with Crippen LogP contribution in [-0.2, 0) is 23.8 Å². The number of carbonyl (C=O) groups excluding carboxylic acids is 3. The first-order valence-electron chi connectivity index (χ1n) is 6.18. The van der Waals surface area contributed by atoms with Gasteiger partial charge < -0.3 is 14.2 Å². The third kappa shape index (κ3) is 4.34. The smallest absolute Gasteiger partial charge is 0.377 e. The molecule has 0 saturated carbocycles. The fraction of sp³-hybridized carbons (Fsp3) is 0.214.